The molecule has 3 heteroatoms. The number of nitrogens with one attached hydrogen (secondary N) is 1. The van der Waals surface area contributed by atoms with Crippen LogP contribution in [0.15, 0.2) is 24.3 Å². The topological polar surface area (TPSA) is 21.3 Å². The molecule has 1 aromatic rings. The Morgan fingerprint density at radius 1 is 1.39 bits per heavy atom. The lowest BCUT2D eigenvalue weighted by Gasteiger charge is -2.34. The molecule has 0 bridgehead atoms. The number of hydrogen-bond donors (Lipinski definition) is 1. The zero-order valence-electron chi connectivity index (χ0n) is 11.3. The van der Waals surface area contributed by atoms with E-state index in [1.54, 1.807) is 7.11 Å². The predicted molar refractivity (Wildman–Crippen MR) is 79.3 cm³/mol. The molecular weight excluding hydrogens is 242 g/mol. The number of aryl methyl sites for hydroxylation is 1. The van der Waals surface area contributed by atoms with E-state index in [1.807, 2.05) is 11.8 Å². The van der Waals surface area contributed by atoms with E-state index >= 15 is 0 Å². The van der Waals surface area contributed by atoms with Gasteiger partial charge < -0.3 is 10.1 Å². The van der Waals surface area contributed by atoms with Crippen molar-refractivity contribution in [2.75, 3.05) is 26.0 Å². The first-order valence-corrected chi connectivity index (χ1v) is 7.83. The molecule has 1 aliphatic rings. The van der Waals surface area contributed by atoms with Crippen molar-refractivity contribution in [1.29, 1.82) is 0 Å². The number of thioether (sulfide) groups is 1. The zero-order chi connectivity index (χ0) is 12.8. The number of fused-ring (bicyclic) bond motifs is 1. The number of ether oxygens (including phenoxy) is 1. The van der Waals surface area contributed by atoms with Gasteiger partial charge in [0.1, 0.15) is 0 Å². The molecule has 0 saturated carbocycles. The first-order chi connectivity index (χ1) is 8.86. The van der Waals surface area contributed by atoms with E-state index in [-0.39, 0.29) is 0 Å². The summed E-state index contributed by atoms with van der Waals surface area (Å²) in [7, 11) is 1.78. The summed E-state index contributed by atoms with van der Waals surface area (Å²) in [6.45, 7) is 4.07. The van der Waals surface area contributed by atoms with Gasteiger partial charge >= 0.3 is 0 Å². The zero-order valence-corrected chi connectivity index (χ0v) is 12.1. The maximum Gasteiger partial charge on any atom is 0.0553 e. The third-order valence-corrected chi connectivity index (χ3v) is 4.84. The second-order valence-electron chi connectivity index (χ2n) is 4.67. The Balaban J connectivity index is 2.08. The van der Waals surface area contributed by atoms with Gasteiger partial charge in [-0.15, -0.1) is 0 Å². The smallest absolute Gasteiger partial charge is 0.0553 e. The molecule has 0 saturated heterocycles. The van der Waals surface area contributed by atoms with E-state index in [9.17, 15) is 0 Å². The normalized spacial score (nSPS) is 22.8. The molecule has 0 aliphatic heterocycles. The molecule has 0 amide bonds. The van der Waals surface area contributed by atoms with Crippen molar-refractivity contribution in [2.45, 2.75) is 31.1 Å². The minimum absolute atomic E-state index is 0.502. The second kappa shape index (κ2) is 7.17. The number of methoxy groups -OCH3 is 1. The Bertz CT molecular complexity index is 369. The summed E-state index contributed by atoms with van der Waals surface area (Å²) in [4.78, 5) is 0. The first-order valence-electron chi connectivity index (χ1n) is 6.78. The van der Waals surface area contributed by atoms with E-state index in [1.165, 1.54) is 24.0 Å². The van der Waals surface area contributed by atoms with Crippen LogP contribution in [0.25, 0.3) is 0 Å². The molecule has 18 heavy (non-hydrogen) atoms. The van der Waals surface area contributed by atoms with Crippen LogP contribution in [0.2, 0.25) is 0 Å². The van der Waals surface area contributed by atoms with Crippen LogP contribution in [-0.4, -0.2) is 31.3 Å². The lowest BCUT2D eigenvalue weighted by Crippen LogP contribution is -2.34. The monoisotopic (exact) mass is 265 g/mol. The van der Waals surface area contributed by atoms with Gasteiger partial charge in [0.15, 0.2) is 0 Å². The summed E-state index contributed by atoms with van der Waals surface area (Å²) < 4.78 is 5.16. The summed E-state index contributed by atoms with van der Waals surface area (Å²) in [6, 6.07) is 9.37. The van der Waals surface area contributed by atoms with Gasteiger partial charge in [-0.1, -0.05) is 31.2 Å². The Hall–Kier alpha value is -0.510. The Morgan fingerprint density at radius 3 is 3.00 bits per heavy atom. The van der Waals surface area contributed by atoms with E-state index in [0.29, 0.717) is 11.3 Å². The number of benzene rings is 1. The summed E-state index contributed by atoms with van der Waals surface area (Å²) in [6.07, 6.45) is 2.48. The van der Waals surface area contributed by atoms with Gasteiger partial charge in [-0.25, -0.2) is 0 Å². The fourth-order valence-corrected chi connectivity index (χ4v) is 3.94. The van der Waals surface area contributed by atoms with Crippen LogP contribution in [0, 0.1) is 0 Å². The van der Waals surface area contributed by atoms with Crippen LogP contribution in [0.3, 0.4) is 0 Å². The summed E-state index contributed by atoms with van der Waals surface area (Å²) in [5.74, 6) is 1.09. The molecule has 1 aliphatic carbocycles. The van der Waals surface area contributed by atoms with Crippen molar-refractivity contribution in [2.24, 2.45) is 0 Å². The largest absolute Gasteiger partial charge is 0.384 e. The SMILES string of the molecule is CCNC1c2ccccc2CCC1SCCOC. The first kappa shape index (κ1) is 13.9. The average molecular weight is 265 g/mol. The van der Waals surface area contributed by atoms with Gasteiger partial charge in [0, 0.05) is 24.2 Å². The van der Waals surface area contributed by atoms with Gasteiger partial charge in [-0.2, -0.15) is 11.8 Å². The predicted octanol–water partition coefficient (Wildman–Crippen LogP) is 3.03. The summed E-state index contributed by atoms with van der Waals surface area (Å²) in [5, 5.41) is 4.33. The molecule has 2 rings (SSSR count). The molecule has 0 spiro atoms. The fourth-order valence-electron chi connectivity index (χ4n) is 2.65. The Kier molecular flexibility index (Phi) is 5.54. The van der Waals surface area contributed by atoms with Gasteiger partial charge in [0.2, 0.25) is 0 Å². The lowest BCUT2D eigenvalue weighted by molar-refractivity contribution is 0.218. The summed E-state index contributed by atoms with van der Waals surface area (Å²) in [5.41, 5.74) is 3.02. The van der Waals surface area contributed by atoms with Crippen molar-refractivity contribution >= 4 is 11.8 Å². The Labute approximate surface area is 114 Å². The van der Waals surface area contributed by atoms with Gasteiger partial charge in [-0.05, 0) is 30.5 Å². The average Bonchev–Trinajstić information content (AvgIpc) is 2.41. The Morgan fingerprint density at radius 2 is 2.22 bits per heavy atom. The third-order valence-electron chi connectivity index (χ3n) is 3.50. The maximum absolute atomic E-state index is 5.16. The molecule has 0 radical (unpaired) electrons. The summed E-state index contributed by atoms with van der Waals surface area (Å²) >= 11 is 2.05. The van der Waals surface area contributed by atoms with Crippen LogP contribution < -0.4 is 5.32 Å². The quantitative estimate of drug-likeness (QED) is 0.799. The van der Waals surface area contributed by atoms with Crippen LogP contribution >= 0.6 is 11.8 Å². The molecule has 0 fully saturated rings. The second-order valence-corrected chi connectivity index (χ2v) is 6.02. The molecule has 2 atom stereocenters. The van der Waals surface area contributed by atoms with Crippen LogP contribution in [0.1, 0.15) is 30.5 Å². The van der Waals surface area contributed by atoms with Gasteiger partial charge in [-0.3, -0.25) is 0 Å². The van der Waals surface area contributed by atoms with E-state index in [2.05, 4.69) is 36.5 Å². The molecule has 100 valence electrons. The van der Waals surface area contributed by atoms with Crippen LogP contribution in [-0.2, 0) is 11.2 Å². The molecule has 2 unspecified atom stereocenters. The lowest BCUT2D eigenvalue weighted by atomic mass is 9.87. The maximum atomic E-state index is 5.16. The fraction of sp³-hybridized carbons (Fsp3) is 0.600. The van der Waals surface area contributed by atoms with Crippen LogP contribution in [0.5, 0.6) is 0 Å². The highest BCUT2D eigenvalue weighted by atomic mass is 32.2. The van der Waals surface area contributed by atoms with E-state index in [4.69, 9.17) is 4.74 Å². The third kappa shape index (κ3) is 3.28. The molecule has 1 aromatic carbocycles. The molecule has 1 N–H and O–H groups in total. The minimum atomic E-state index is 0.502. The van der Waals surface area contributed by atoms with Crippen molar-refractivity contribution in [3.05, 3.63) is 35.4 Å². The van der Waals surface area contributed by atoms with Gasteiger partial charge in [0.05, 0.1) is 6.61 Å². The van der Waals surface area contributed by atoms with Crippen molar-refractivity contribution in [3.8, 4) is 0 Å². The standard InChI is InChI=1S/C15H23NOS/c1-3-16-15-13-7-5-4-6-12(13)8-9-14(15)18-11-10-17-2/h4-7,14-16H,3,8-11H2,1-2H3. The van der Waals surface area contributed by atoms with E-state index < -0.39 is 0 Å². The molecule has 0 aromatic heterocycles. The van der Waals surface area contributed by atoms with E-state index in [0.717, 1.165) is 18.9 Å². The van der Waals surface area contributed by atoms with Crippen molar-refractivity contribution < 1.29 is 4.74 Å². The molecule has 2 nitrogen and oxygen atoms in total. The van der Waals surface area contributed by atoms with Crippen molar-refractivity contribution in [3.63, 3.8) is 0 Å². The number of hydrogen-bond acceptors (Lipinski definition) is 3. The van der Waals surface area contributed by atoms with Crippen LogP contribution in [0.4, 0.5) is 0 Å². The highest BCUT2D eigenvalue weighted by Crippen LogP contribution is 2.36. The highest BCUT2D eigenvalue weighted by molar-refractivity contribution is 7.99. The highest BCUT2D eigenvalue weighted by Gasteiger charge is 2.28. The minimum Gasteiger partial charge on any atom is -0.384 e. The molecule has 0 heterocycles. The number of rotatable bonds is 6. The molecular formula is C15H23NOS. The van der Waals surface area contributed by atoms with Gasteiger partial charge in [0.25, 0.3) is 0 Å². The van der Waals surface area contributed by atoms with Crippen molar-refractivity contribution in [1.82, 2.24) is 5.32 Å².